The zero-order chi connectivity index (χ0) is 22.7. The highest BCUT2D eigenvalue weighted by Crippen LogP contribution is 2.22. The van der Waals surface area contributed by atoms with Gasteiger partial charge in [0, 0.05) is 51.5 Å². The van der Waals surface area contributed by atoms with E-state index in [0.29, 0.717) is 18.7 Å². The molecule has 0 unspecified atom stereocenters. The van der Waals surface area contributed by atoms with Crippen molar-refractivity contribution in [2.75, 3.05) is 26.2 Å². The molecule has 2 aromatic rings. The summed E-state index contributed by atoms with van der Waals surface area (Å²) in [6.07, 6.45) is 6.44. The van der Waals surface area contributed by atoms with Crippen LogP contribution in [-0.4, -0.2) is 60.2 Å². The van der Waals surface area contributed by atoms with E-state index in [4.69, 9.17) is 0 Å². The smallest absolute Gasteiger partial charge is 0.268 e. The van der Waals surface area contributed by atoms with Gasteiger partial charge in [0.25, 0.3) is 11.8 Å². The molecule has 2 amide bonds. The van der Waals surface area contributed by atoms with E-state index in [-0.39, 0.29) is 28.9 Å². The van der Waals surface area contributed by atoms with Crippen LogP contribution >= 0.6 is 0 Å². The van der Waals surface area contributed by atoms with Gasteiger partial charge in [0.05, 0.1) is 0 Å². The predicted octanol–water partition coefficient (Wildman–Crippen LogP) is 2.37. The zero-order valence-electron chi connectivity index (χ0n) is 18.4. The molecule has 32 heavy (non-hydrogen) atoms. The van der Waals surface area contributed by atoms with Crippen molar-refractivity contribution < 1.29 is 18.0 Å². The van der Waals surface area contributed by atoms with Crippen molar-refractivity contribution in [1.82, 2.24) is 19.1 Å². The van der Waals surface area contributed by atoms with Crippen LogP contribution in [0, 0.1) is 0 Å². The van der Waals surface area contributed by atoms with Crippen LogP contribution in [0.4, 0.5) is 0 Å². The number of aromatic nitrogens is 1. The second-order valence-corrected chi connectivity index (χ2v) is 10.5. The third kappa shape index (κ3) is 4.73. The maximum absolute atomic E-state index is 12.8. The second-order valence-electron chi connectivity index (χ2n) is 8.52. The van der Waals surface area contributed by atoms with Gasteiger partial charge in [-0.3, -0.25) is 9.59 Å². The Kier molecular flexibility index (Phi) is 6.66. The lowest BCUT2D eigenvalue weighted by atomic mass is 10.1. The molecule has 172 valence electrons. The monoisotopic (exact) mass is 458 g/mol. The van der Waals surface area contributed by atoms with Gasteiger partial charge < -0.3 is 14.8 Å². The molecule has 0 radical (unpaired) electrons. The third-order valence-electron chi connectivity index (χ3n) is 6.19. The average molecular weight is 459 g/mol. The number of benzene rings is 1. The maximum Gasteiger partial charge on any atom is 0.268 e. The molecule has 2 aliphatic heterocycles. The maximum atomic E-state index is 12.8. The molecule has 8 nitrogen and oxygen atoms in total. The van der Waals surface area contributed by atoms with Crippen molar-refractivity contribution in [3.63, 3.8) is 0 Å². The van der Waals surface area contributed by atoms with Gasteiger partial charge in [-0.05, 0) is 55.9 Å². The standard InChI is InChI=1S/C23H30N4O4S/c1-25-17-20(32(30,31)27-12-5-6-13-27)15-21(25)22(28)24-16-18-8-7-9-19(14-18)23(29)26-10-3-2-4-11-26/h7-9,14-15,17H,2-6,10-13,16H2,1H3,(H,24,28). The first kappa shape index (κ1) is 22.5. The number of piperidine rings is 1. The van der Waals surface area contributed by atoms with Gasteiger partial charge in [0.15, 0.2) is 0 Å². The van der Waals surface area contributed by atoms with Crippen LogP contribution < -0.4 is 5.32 Å². The molecule has 9 heteroatoms. The second kappa shape index (κ2) is 9.46. The molecule has 1 N–H and O–H groups in total. The van der Waals surface area contributed by atoms with E-state index >= 15 is 0 Å². The lowest BCUT2D eigenvalue weighted by Gasteiger charge is -2.26. The Morgan fingerprint density at radius 2 is 1.66 bits per heavy atom. The number of nitrogens with zero attached hydrogens (tertiary/aromatic N) is 3. The fourth-order valence-corrected chi connectivity index (χ4v) is 5.93. The van der Waals surface area contributed by atoms with Crippen molar-refractivity contribution in [1.29, 1.82) is 0 Å². The van der Waals surface area contributed by atoms with E-state index in [2.05, 4.69) is 5.32 Å². The van der Waals surface area contributed by atoms with Crippen molar-refractivity contribution in [2.24, 2.45) is 7.05 Å². The number of nitrogens with one attached hydrogen (secondary N) is 1. The number of hydrogen-bond donors (Lipinski definition) is 1. The minimum absolute atomic E-state index is 0.0251. The summed E-state index contributed by atoms with van der Waals surface area (Å²) in [5.74, 6) is -0.333. The molecule has 0 saturated carbocycles. The molecule has 0 atom stereocenters. The highest BCUT2D eigenvalue weighted by atomic mass is 32.2. The Hall–Kier alpha value is -2.65. The average Bonchev–Trinajstić information content (AvgIpc) is 3.49. The summed E-state index contributed by atoms with van der Waals surface area (Å²) in [4.78, 5) is 27.5. The number of sulfonamides is 1. The molecule has 0 bridgehead atoms. The Labute approximate surface area is 189 Å². The van der Waals surface area contributed by atoms with Gasteiger partial charge in [0.1, 0.15) is 10.6 Å². The first-order valence-corrected chi connectivity index (χ1v) is 12.6. The molecule has 4 rings (SSSR count). The van der Waals surface area contributed by atoms with Gasteiger partial charge in [0.2, 0.25) is 10.0 Å². The molecule has 0 spiro atoms. The van der Waals surface area contributed by atoms with E-state index in [1.54, 1.807) is 13.1 Å². The summed E-state index contributed by atoms with van der Waals surface area (Å²) in [5.41, 5.74) is 1.72. The lowest BCUT2D eigenvalue weighted by Crippen LogP contribution is -2.35. The largest absolute Gasteiger partial charge is 0.347 e. The number of likely N-dealkylation sites (tertiary alicyclic amines) is 1. The van der Waals surface area contributed by atoms with Gasteiger partial charge >= 0.3 is 0 Å². The first-order chi connectivity index (χ1) is 15.4. The van der Waals surface area contributed by atoms with Crippen molar-refractivity contribution in [3.8, 4) is 0 Å². The van der Waals surface area contributed by atoms with E-state index < -0.39 is 10.0 Å². The third-order valence-corrected chi connectivity index (χ3v) is 8.05. The molecule has 2 aliphatic rings. The van der Waals surface area contributed by atoms with E-state index in [1.807, 2.05) is 23.1 Å². The molecule has 0 aliphatic carbocycles. The van der Waals surface area contributed by atoms with Crippen LogP contribution in [0.25, 0.3) is 0 Å². The van der Waals surface area contributed by atoms with Gasteiger partial charge in [-0.2, -0.15) is 4.31 Å². The molecule has 1 aromatic heterocycles. The van der Waals surface area contributed by atoms with Crippen molar-refractivity contribution >= 4 is 21.8 Å². The van der Waals surface area contributed by atoms with Crippen LogP contribution in [0.5, 0.6) is 0 Å². The Morgan fingerprint density at radius 1 is 0.969 bits per heavy atom. The molecule has 2 fully saturated rings. The van der Waals surface area contributed by atoms with Crippen molar-refractivity contribution in [2.45, 2.75) is 43.5 Å². The Balaban J connectivity index is 1.42. The predicted molar refractivity (Wildman–Crippen MR) is 121 cm³/mol. The van der Waals surface area contributed by atoms with E-state index in [9.17, 15) is 18.0 Å². The summed E-state index contributed by atoms with van der Waals surface area (Å²) in [7, 11) is -1.91. The first-order valence-electron chi connectivity index (χ1n) is 11.2. The van der Waals surface area contributed by atoms with E-state index in [0.717, 1.165) is 50.8 Å². The fraction of sp³-hybridized carbons (Fsp3) is 0.478. The van der Waals surface area contributed by atoms with Crippen LogP contribution in [-0.2, 0) is 23.6 Å². The summed E-state index contributed by atoms with van der Waals surface area (Å²) in [5, 5.41) is 2.84. The number of hydrogen-bond acceptors (Lipinski definition) is 4. The molecular weight excluding hydrogens is 428 g/mol. The number of rotatable bonds is 6. The summed E-state index contributed by atoms with van der Waals surface area (Å²) in [6.45, 7) is 2.86. The molecule has 1 aromatic carbocycles. The number of aryl methyl sites for hydroxylation is 1. The highest BCUT2D eigenvalue weighted by Gasteiger charge is 2.29. The summed E-state index contributed by atoms with van der Waals surface area (Å²) >= 11 is 0. The van der Waals surface area contributed by atoms with Gasteiger partial charge in [-0.15, -0.1) is 0 Å². The molecule has 3 heterocycles. The molecular formula is C23H30N4O4S. The summed E-state index contributed by atoms with van der Waals surface area (Å²) in [6, 6.07) is 8.73. The number of amides is 2. The van der Waals surface area contributed by atoms with Crippen LogP contribution in [0.1, 0.15) is 58.5 Å². The van der Waals surface area contributed by atoms with Crippen LogP contribution in [0.3, 0.4) is 0 Å². The van der Waals surface area contributed by atoms with Gasteiger partial charge in [-0.25, -0.2) is 8.42 Å². The SMILES string of the molecule is Cn1cc(S(=O)(=O)N2CCCC2)cc1C(=O)NCc1cccc(C(=O)N2CCCCC2)c1. The van der Waals surface area contributed by atoms with Gasteiger partial charge in [-0.1, -0.05) is 12.1 Å². The minimum atomic E-state index is -3.58. The Morgan fingerprint density at radius 3 is 2.38 bits per heavy atom. The quantitative estimate of drug-likeness (QED) is 0.719. The topological polar surface area (TPSA) is 91.7 Å². The highest BCUT2D eigenvalue weighted by molar-refractivity contribution is 7.89. The van der Waals surface area contributed by atoms with Crippen LogP contribution in [0.15, 0.2) is 41.4 Å². The fourth-order valence-electron chi connectivity index (χ4n) is 4.35. The number of carbonyl (C=O) groups is 2. The lowest BCUT2D eigenvalue weighted by molar-refractivity contribution is 0.0724. The van der Waals surface area contributed by atoms with Crippen LogP contribution in [0.2, 0.25) is 0 Å². The normalized spacial score (nSPS) is 17.5. The van der Waals surface area contributed by atoms with Crippen molar-refractivity contribution in [3.05, 3.63) is 53.3 Å². The zero-order valence-corrected chi connectivity index (χ0v) is 19.2. The molecule has 2 saturated heterocycles. The van der Waals surface area contributed by atoms with E-state index in [1.165, 1.54) is 21.1 Å². The Bertz CT molecular complexity index is 1100. The summed E-state index contributed by atoms with van der Waals surface area (Å²) < 4.78 is 28.6. The number of carbonyl (C=O) groups excluding carboxylic acids is 2. The minimum Gasteiger partial charge on any atom is -0.347 e.